The number of rotatable bonds is 2. The first-order valence-corrected chi connectivity index (χ1v) is 6.09. The molecule has 1 aromatic carbocycles. The fourth-order valence-electron chi connectivity index (χ4n) is 1.65. The van der Waals surface area contributed by atoms with E-state index < -0.39 is 5.97 Å². The lowest BCUT2D eigenvalue weighted by Crippen LogP contribution is -2.01. The van der Waals surface area contributed by atoms with Crippen LogP contribution in [0.2, 0.25) is 0 Å². The van der Waals surface area contributed by atoms with Crippen molar-refractivity contribution in [3.05, 3.63) is 40.5 Å². The summed E-state index contributed by atoms with van der Waals surface area (Å²) in [5.74, 6) is -0.747. The van der Waals surface area contributed by atoms with Crippen molar-refractivity contribution in [2.75, 3.05) is 12.8 Å². The van der Waals surface area contributed by atoms with Crippen molar-refractivity contribution in [2.45, 2.75) is 6.92 Å². The largest absolute Gasteiger partial charge is 0.465 e. The van der Waals surface area contributed by atoms with E-state index in [-0.39, 0.29) is 5.82 Å². The third kappa shape index (κ3) is 2.09. The number of benzene rings is 1. The minimum Gasteiger partial charge on any atom is -0.465 e. The molecular formula is C13H12FNO2S. The molecule has 2 aromatic rings. The summed E-state index contributed by atoms with van der Waals surface area (Å²) in [4.78, 5) is 12.8. The molecule has 2 N–H and O–H groups in total. The van der Waals surface area contributed by atoms with Gasteiger partial charge in [0.1, 0.15) is 10.7 Å². The molecule has 1 heterocycles. The van der Waals surface area contributed by atoms with E-state index >= 15 is 0 Å². The van der Waals surface area contributed by atoms with E-state index in [2.05, 4.69) is 4.74 Å². The van der Waals surface area contributed by atoms with Crippen LogP contribution in [-0.2, 0) is 4.74 Å². The minimum absolute atomic E-state index is 0.297. The van der Waals surface area contributed by atoms with Gasteiger partial charge >= 0.3 is 5.97 Å². The fourth-order valence-corrected chi connectivity index (χ4v) is 2.80. The molecule has 5 heteroatoms. The quantitative estimate of drug-likeness (QED) is 0.848. The van der Waals surface area contributed by atoms with Crippen LogP contribution >= 0.6 is 11.3 Å². The van der Waals surface area contributed by atoms with Gasteiger partial charge in [-0.05, 0) is 30.2 Å². The number of methoxy groups -OCH3 is 1. The van der Waals surface area contributed by atoms with Gasteiger partial charge in [0.15, 0.2) is 0 Å². The molecule has 1 aromatic heterocycles. The summed E-state index contributed by atoms with van der Waals surface area (Å²) in [6.45, 7) is 1.83. The fraction of sp³-hybridized carbons (Fsp3) is 0.154. The molecule has 0 atom stereocenters. The molecule has 0 radical (unpaired) electrons. The zero-order valence-electron chi connectivity index (χ0n) is 9.99. The number of hydrogen-bond acceptors (Lipinski definition) is 4. The number of halogens is 1. The Morgan fingerprint density at radius 1 is 1.33 bits per heavy atom. The number of nitrogen functional groups attached to an aromatic ring is 1. The second-order valence-electron chi connectivity index (χ2n) is 3.80. The van der Waals surface area contributed by atoms with Crippen LogP contribution in [0.25, 0.3) is 10.4 Å². The molecule has 18 heavy (non-hydrogen) atoms. The average Bonchev–Trinajstić information content (AvgIpc) is 2.67. The van der Waals surface area contributed by atoms with Crippen molar-refractivity contribution in [3.8, 4) is 10.4 Å². The Morgan fingerprint density at radius 3 is 2.50 bits per heavy atom. The summed E-state index contributed by atoms with van der Waals surface area (Å²) >= 11 is 1.26. The summed E-state index contributed by atoms with van der Waals surface area (Å²) in [5, 5.41) is 0. The zero-order valence-corrected chi connectivity index (χ0v) is 10.8. The van der Waals surface area contributed by atoms with E-state index in [9.17, 15) is 9.18 Å². The van der Waals surface area contributed by atoms with Crippen LogP contribution in [0.4, 0.5) is 10.1 Å². The second-order valence-corrected chi connectivity index (χ2v) is 4.82. The Hall–Kier alpha value is -1.88. The van der Waals surface area contributed by atoms with Crippen LogP contribution in [0, 0.1) is 12.7 Å². The van der Waals surface area contributed by atoms with Gasteiger partial charge in [0.25, 0.3) is 0 Å². The van der Waals surface area contributed by atoms with Crippen molar-refractivity contribution < 1.29 is 13.9 Å². The predicted molar refractivity (Wildman–Crippen MR) is 70.2 cm³/mol. The first-order valence-electron chi connectivity index (χ1n) is 5.27. The molecule has 0 aliphatic heterocycles. The van der Waals surface area contributed by atoms with Gasteiger partial charge in [-0.1, -0.05) is 12.1 Å². The predicted octanol–water partition coefficient (Wildman–Crippen LogP) is 3.23. The van der Waals surface area contributed by atoms with Gasteiger partial charge in [0, 0.05) is 4.88 Å². The van der Waals surface area contributed by atoms with Gasteiger partial charge in [-0.25, -0.2) is 9.18 Å². The lowest BCUT2D eigenvalue weighted by Gasteiger charge is -1.99. The van der Waals surface area contributed by atoms with Gasteiger partial charge in [-0.3, -0.25) is 0 Å². The van der Waals surface area contributed by atoms with Crippen LogP contribution in [0.3, 0.4) is 0 Å². The number of carbonyl (C=O) groups excluding carboxylic acids is 1. The van der Waals surface area contributed by atoms with Gasteiger partial charge in [-0.2, -0.15) is 0 Å². The van der Waals surface area contributed by atoms with Gasteiger partial charge in [-0.15, -0.1) is 11.3 Å². The molecule has 0 spiro atoms. The average molecular weight is 265 g/mol. The monoisotopic (exact) mass is 265 g/mol. The van der Waals surface area contributed by atoms with Crippen molar-refractivity contribution in [2.24, 2.45) is 0 Å². The van der Waals surface area contributed by atoms with E-state index in [1.165, 1.54) is 30.6 Å². The van der Waals surface area contributed by atoms with E-state index in [4.69, 9.17) is 5.73 Å². The summed E-state index contributed by atoms with van der Waals surface area (Å²) < 4.78 is 17.5. The molecule has 0 fully saturated rings. The number of thiophene rings is 1. The van der Waals surface area contributed by atoms with E-state index in [0.717, 1.165) is 16.0 Å². The minimum atomic E-state index is -0.450. The molecule has 0 aliphatic rings. The maximum Gasteiger partial charge on any atom is 0.350 e. The Kier molecular flexibility index (Phi) is 3.34. The van der Waals surface area contributed by atoms with Gasteiger partial charge in [0.05, 0.1) is 12.8 Å². The lowest BCUT2D eigenvalue weighted by molar-refractivity contribution is 0.0607. The normalized spacial score (nSPS) is 10.4. The van der Waals surface area contributed by atoms with Gasteiger partial charge < -0.3 is 10.5 Å². The van der Waals surface area contributed by atoms with Crippen LogP contribution < -0.4 is 5.73 Å². The van der Waals surface area contributed by atoms with E-state index in [0.29, 0.717) is 10.6 Å². The molecule has 94 valence electrons. The molecule has 0 bridgehead atoms. The van der Waals surface area contributed by atoms with Crippen molar-refractivity contribution >= 4 is 23.0 Å². The Morgan fingerprint density at radius 2 is 1.94 bits per heavy atom. The molecule has 0 saturated heterocycles. The summed E-state index contributed by atoms with van der Waals surface area (Å²) in [6.07, 6.45) is 0. The maximum absolute atomic E-state index is 12.9. The zero-order chi connectivity index (χ0) is 13.3. The number of carbonyl (C=O) groups is 1. The molecule has 0 unspecified atom stereocenters. The highest BCUT2D eigenvalue weighted by Crippen LogP contribution is 2.38. The molecule has 0 amide bonds. The number of nitrogens with two attached hydrogens (primary N) is 1. The number of ether oxygens (including phenoxy) is 1. The summed E-state index contributed by atoms with van der Waals surface area (Å²) in [6, 6.07) is 6.08. The van der Waals surface area contributed by atoms with Gasteiger partial charge in [0.2, 0.25) is 0 Å². The van der Waals surface area contributed by atoms with Crippen molar-refractivity contribution in [1.82, 2.24) is 0 Å². The van der Waals surface area contributed by atoms with Crippen LogP contribution in [0.1, 0.15) is 15.2 Å². The Bertz CT molecular complexity index is 590. The third-order valence-electron chi connectivity index (χ3n) is 2.67. The highest BCUT2D eigenvalue weighted by Gasteiger charge is 2.19. The van der Waals surface area contributed by atoms with Crippen molar-refractivity contribution in [3.63, 3.8) is 0 Å². The van der Waals surface area contributed by atoms with Crippen LogP contribution in [-0.4, -0.2) is 13.1 Å². The maximum atomic E-state index is 12.9. The number of anilines is 1. The Balaban J connectivity index is 2.52. The second kappa shape index (κ2) is 4.78. The van der Waals surface area contributed by atoms with Crippen LogP contribution in [0.5, 0.6) is 0 Å². The van der Waals surface area contributed by atoms with Crippen LogP contribution in [0.15, 0.2) is 24.3 Å². The highest BCUT2D eigenvalue weighted by atomic mass is 32.1. The first kappa shape index (κ1) is 12.6. The number of hydrogen-bond donors (Lipinski definition) is 1. The standard InChI is InChI=1S/C13H12FNO2S/c1-7-10(15)12(13(16)17-2)18-11(7)8-3-5-9(14)6-4-8/h3-6H,15H2,1-2H3. The smallest absolute Gasteiger partial charge is 0.350 e. The molecule has 2 rings (SSSR count). The SMILES string of the molecule is COC(=O)c1sc(-c2ccc(F)cc2)c(C)c1N. The molecule has 0 aliphatic carbocycles. The van der Waals surface area contributed by atoms with E-state index in [1.54, 1.807) is 12.1 Å². The number of esters is 1. The third-order valence-corrected chi connectivity index (χ3v) is 4.01. The summed E-state index contributed by atoms with van der Waals surface area (Å²) in [7, 11) is 1.31. The highest BCUT2D eigenvalue weighted by molar-refractivity contribution is 7.18. The molecule has 3 nitrogen and oxygen atoms in total. The molecule has 0 saturated carbocycles. The van der Waals surface area contributed by atoms with E-state index in [1.807, 2.05) is 6.92 Å². The first-order chi connectivity index (χ1) is 8.54. The molecular weight excluding hydrogens is 253 g/mol. The topological polar surface area (TPSA) is 52.3 Å². The summed E-state index contributed by atoms with van der Waals surface area (Å²) in [5.41, 5.74) is 7.95. The Labute approximate surface area is 108 Å². The van der Waals surface area contributed by atoms with Crippen molar-refractivity contribution in [1.29, 1.82) is 0 Å². The lowest BCUT2D eigenvalue weighted by atomic mass is 10.1.